The molecule has 0 aromatic rings. The standard InChI is InChI=1S/C6H12O2S/c1-5-8-4-6(9-5)3-7-2/h5-6H,3-4H2,1-2H3. The Bertz CT molecular complexity index is 85.1. The van der Waals surface area contributed by atoms with Crippen LogP contribution < -0.4 is 0 Å². The van der Waals surface area contributed by atoms with E-state index in [1.54, 1.807) is 7.11 Å². The highest BCUT2D eigenvalue weighted by molar-refractivity contribution is 8.00. The molecule has 0 saturated carbocycles. The van der Waals surface area contributed by atoms with Crippen LogP contribution >= 0.6 is 11.8 Å². The van der Waals surface area contributed by atoms with Gasteiger partial charge >= 0.3 is 0 Å². The van der Waals surface area contributed by atoms with E-state index in [0.717, 1.165) is 13.2 Å². The topological polar surface area (TPSA) is 18.5 Å². The third-order valence-corrected chi connectivity index (χ3v) is 2.43. The van der Waals surface area contributed by atoms with Crippen molar-refractivity contribution in [3.63, 3.8) is 0 Å². The number of rotatable bonds is 2. The molecule has 2 nitrogen and oxygen atoms in total. The summed E-state index contributed by atoms with van der Waals surface area (Å²) in [6.07, 6.45) is 0. The minimum absolute atomic E-state index is 0.366. The molecule has 0 aliphatic carbocycles. The highest BCUT2D eigenvalue weighted by Gasteiger charge is 2.21. The molecule has 1 fully saturated rings. The van der Waals surface area contributed by atoms with Crippen LogP contribution in [0.1, 0.15) is 6.92 Å². The van der Waals surface area contributed by atoms with E-state index in [1.807, 2.05) is 11.8 Å². The van der Waals surface area contributed by atoms with Crippen molar-refractivity contribution in [2.24, 2.45) is 0 Å². The fraction of sp³-hybridized carbons (Fsp3) is 1.00. The van der Waals surface area contributed by atoms with E-state index in [0.29, 0.717) is 10.7 Å². The molecule has 0 aromatic heterocycles. The van der Waals surface area contributed by atoms with Crippen molar-refractivity contribution in [3.8, 4) is 0 Å². The molecule has 1 aliphatic rings. The Labute approximate surface area is 59.9 Å². The molecule has 2 unspecified atom stereocenters. The Balaban J connectivity index is 2.14. The first-order valence-corrected chi connectivity index (χ1v) is 4.03. The average molecular weight is 148 g/mol. The molecule has 1 heterocycles. The summed E-state index contributed by atoms with van der Waals surface area (Å²) < 4.78 is 10.3. The number of hydrogen-bond acceptors (Lipinski definition) is 3. The van der Waals surface area contributed by atoms with Crippen molar-refractivity contribution >= 4 is 11.8 Å². The lowest BCUT2D eigenvalue weighted by molar-refractivity contribution is 0.121. The lowest BCUT2D eigenvalue weighted by Gasteiger charge is -2.02. The molecule has 2 atom stereocenters. The summed E-state index contributed by atoms with van der Waals surface area (Å²) in [7, 11) is 1.73. The van der Waals surface area contributed by atoms with Gasteiger partial charge in [-0.25, -0.2) is 0 Å². The summed E-state index contributed by atoms with van der Waals surface area (Å²) in [6.45, 7) is 3.73. The maximum Gasteiger partial charge on any atom is 0.100 e. The van der Waals surface area contributed by atoms with Crippen LogP contribution in [0.3, 0.4) is 0 Å². The normalized spacial score (nSPS) is 35.3. The van der Waals surface area contributed by atoms with Crippen LogP contribution in [0.5, 0.6) is 0 Å². The van der Waals surface area contributed by atoms with Gasteiger partial charge < -0.3 is 9.47 Å². The zero-order valence-electron chi connectivity index (χ0n) is 5.79. The van der Waals surface area contributed by atoms with Gasteiger partial charge in [-0.3, -0.25) is 0 Å². The predicted octanol–water partition coefficient (Wildman–Crippen LogP) is 1.11. The Hall–Kier alpha value is 0.270. The van der Waals surface area contributed by atoms with Crippen LogP contribution in [-0.2, 0) is 9.47 Å². The van der Waals surface area contributed by atoms with Crippen molar-refractivity contribution < 1.29 is 9.47 Å². The Kier molecular flexibility index (Phi) is 2.82. The van der Waals surface area contributed by atoms with Gasteiger partial charge in [0, 0.05) is 7.11 Å². The summed E-state index contributed by atoms with van der Waals surface area (Å²) in [6, 6.07) is 0. The minimum Gasteiger partial charge on any atom is -0.383 e. The van der Waals surface area contributed by atoms with Gasteiger partial charge in [0.05, 0.1) is 18.5 Å². The minimum atomic E-state index is 0.366. The van der Waals surface area contributed by atoms with Gasteiger partial charge in [-0.2, -0.15) is 0 Å². The second-order valence-electron chi connectivity index (χ2n) is 2.11. The lowest BCUT2D eigenvalue weighted by Crippen LogP contribution is -2.10. The van der Waals surface area contributed by atoms with Crippen LogP contribution in [0.25, 0.3) is 0 Å². The molecule has 0 bridgehead atoms. The summed E-state index contributed by atoms with van der Waals surface area (Å²) in [5, 5.41) is 0.560. The van der Waals surface area contributed by atoms with E-state index >= 15 is 0 Å². The third-order valence-electron chi connectivity index (χ3n) is 1.25. The van der Waals surface area contributed by atoms with Gasteiger partial charge in [0.2, 0.25) is 0 Å². The Morgan fingerprint density at radius 1 is 1.78 bits per heavy atom. The SMILES string of the molecule is COCC1COC(C)S1. The lowest BCUT2D eigenvalue weighted by atomic mass is 10.5. The van der Waals surface area contributed by atoms with E-state index in [4.69, 9.17) is 9.47 Å². The molecule has 54 valence electrons. The largest absolute Gasteiger partial charge is 0.383 e. The van der Waals surface area contributed by atoms with E-state index in [9.17, 15) is 0 Å². The number of methoxy groups -OCH3 is 1. The molecule has 0 spiro atoms. The van der Waals surface area contributed by atoms with Gasteiger partial charge in [-0.05, 0) is 6.92 Å². The van der Waals surface area contributed by atoms with Crippen LogP contribution in [0.15, 0.2) is 0 Å². The second-order valence-corrected chi connectivity index (χ2v) is 3.72. The molecule has 0 N–H and O–H groups in total. The van der Waals surface area contributed by atoms with Crippen molar-refractivity contribution in [3.05, 3.63) is 0 Å². The fourth-order valence-electron chi connectivity index (χ4n) is 0.866. The molecular formula is C6H12O2S. The summed E-state index contributed by atoms with van der Waals surface area (Å²) in [5.74, 6) is 0. The summed E-state index contributed by atoms with van der Waals surface area (Å²) in [5.41, 5.74) is 0.366. The highest BCUT2D eigenvalue weighted by Crippen LogP contribution is 2.26. The monoisotopic (exact) mass is 148 g/mol. The van der Waals surface area contributed by atoms with Crippen molar-refractivity contribution in [1.29, 1.82) is 0 Å². The van der Waals surface area contributed by atoms with Crippen LogP contribution in [0, 0.1) is 0 Å². The Morgan fingerprint density at radius 2 is 2.56 bits per heavy atom. The molecule has 0 aromatic carbocycles. The van der Waals surface area contributed by atoms with Gasteiger partial charge in [0.25, 0.3) is 0 Å². The van der Waals surface area contributed by atoms with E-state index in [1.165, 1.54) is 0 Å². The van der Waals surface area contributed by atoms with E-state index in [-0.39, 0.29) is 0 Å². The van der Waals surface area contributed by atoms with E-state index in [2.05, 4.69) is 6.92 Å². The van der Waals surface area contributed by atoms with Crippen LogP contribution in [0.2, 0.25) is 0 Å². The predicted molar refractivity (Wildman–Crippen MR) is 38.7 cm³/mol. The maximum atomic E-state index is 5.30. The first-order valence-electron chi connectivity index (χ1n) is 3.09. The average Bonchev–Trinajstić information content (AvgIpc) is 2.17. The molecule has 1 rings (SSSR count). The zero-order chi connectivity index (χ0) is 6.69. The first-order chi connectivity index (χ1) is 4.33. The summed E-state index contributed by atoms with van der Waals surface area (Å²) in [4.78, 5) is 0. The van der Waals surface area contributed by atoms with Gasteiger partial charge in [0.15, 0.2) is 0 Å². The van der Waals surface area contributed by atoms with Crippen molar-refractivity contribution in [2.45, 2.75) is 17.6 Å². The highest BCUT2D eigenvalue weighted by atomic mass is 32.2. The molecule has 0 amide bonds. The third kappa shape index (κ3) is 2.16. The number of hydrogen-bond donors (Lipinski definition) is 0. The molecule has 0 radical (unpaired) electrons. The molecule has 3 heteroatoms. The fourth-order valence-corrected chi connectivity index (χ4v) is 1.94. The molecular weight excluding hydrogens is 136 g/mol. The second kappa shape index (κ2) is 3.44. The van der Waals surface area contributed by atoms with Gasteiger partial charge in [-0.15, -0.1) is 11.8 Å². The molecule has 1 aliphatic heterocycles. The van der Waals surface area contributed by atoms with Crippen molar-refractivity contribution in [1.82, 2.24) is 0 Å². The molecule has 1 saturated heterocycles. The summed E-state index contributed by atoms with van der Waals surface area (Å²) >= 11 is 1.84. The van der Waals surface area contributed by atoms with Gasteiger partial charge in [0.1, 0.15) is 5.44 Å². The number of thioether (sulfide) groups is 1. The number of ether oxygens (including phenoxy) is 2. The first kappa shape index (κ1) is 7.38. The van der Waals surface area contributed by atoms with Crippen LogP contribution in [-0.4, -0.2) is 31.0 Å². The molecule has 9 heavy (non-hydrogen) atoms. The van der Waals surface area contributed by atoms with Crippen molar-refractivity contribution in [2.75, 3.05) is 20.3 Å². The van der Waals surface area contributed by atoms with E-state index < -0.39 is 0 Å². The van der Waals surface area contributed by atoms with Crippen LogP contribution in [0.4, 0.5) is 0 Å². The Morgan fingerprint density at radius 3 is 3.00 bits per heavy atom. The quantitative estimate of drug-likeness (QED) is 0.584. The zero-order valence-corrected chi connectivity index (χ0v) is 6.61. The van der Waals surface area contributed by atoms with Gasteiger partial charge in [-0.1, -0.05) is 0 Å². The smallest absolute Gasteiger partial charge is 0.100 e. The maximum absolute atomic E-state index is 5.30.